The molecule has 2 fully saturated rings. The molecule has 1 aromatic carbocycles. The number of esters is 7. The van der Waals surface area contributed by atoms with Gasteiger partial charge in [-0.2, -0.15) is 0 Å². The van der Waals surface area contributed by atoms with Gasteiger partial charge in [0, 0.05) is 53.0 Å². The molecule has 18 heteroatoms. The van der Waals surface area contributed by atoms with Gasteiger partial charge in [0.25, 0.3) is 0 Å². The van der Waals surface area contributed by atoms with Crippen LogP contribution in [0.2, 0.25) is 0 Å². The molecule has 0 N–H and O–H groups in total. The predicted molar refractivity (Wildman–Crippen MR) is 177 cm³/mol. The van der Waals surface area contributed by atoms with E-state index in [4.69, 9.17) is 52.1 Å². The maximum atomic E-state index is 12.8. The zero-order valence-electron chi connectivity index (χ0n) is 30.6. The smallest absolute Gasteiger partial charge is 0.337 e. The first-order valence-electron chi connectivity index (χ1n) is 16.8. The van der Waals surface area contributed by atoms with Crippen LogP contribution in [0.3, 0.4) is 0 Å². The van der Waals surface area contributed by atoms with Crippen molar-refractivity contribution in [2.45, 2.75) is 97.4 Å². The lowest BCUT2D eigenvalue weighted by atomic mass is 9.77. The summed E-state index contributed by atoms with van der Waals surface area (Å²) in [6.45, 7) is 6.78. The molecule has 1 aromatic rings. The summed E-state index contributed by atoms with van der Waals surface area (Å²) in [5.41, 5.74) is 0.680. The number of hydrogen-bond donors (Lipinski definition) is 0. The number of hydrogen-bond acceptors (Lipinski definition) is 18. The van der Waals surface area contributed by atoms with Crippen LogP contribution in [0.1, 0.15) is 53.5 Å². The van der Waals surface area contributed by atoms with E-state index in [0.717, 1.165) is 33.1 Å². The van der Waals surface area contributed by atoms with Crippen molar-refractivity contribution in [3.05, 3.63) is 47.7 Å². The van der Waals surface area contributed by atoms with Crippen LogP contribution >= 0.6 is 0 Å². The van der Waals surface area contributed by atoms with E-state index in [1.165, 1.54) is 39.2 Å². The standard InChI is InChI=1S/C36H42O18/c1-17-30-25(14-29(47-17)49-19(3)38)26(34(43)44-7)15-46-35(30)54-36-33(52-22(6)41)32(51-21(5)40)31(50-20(4)39)27(53-36)16-45-28(42)13-10-23-8-11-24(12-9-23)48-18(2)37/h8-13,15,17,25,27,29-33,35-36H,14,16H2,1-7H3/b13-10+/t17-,25+,27+,29-,30+,31+,32-,33+,35-,36-/m0/s1. The van der Waals surface area contributed by atoms with Crippen molar-refractivity contribution < 1.29 is 85.7 Å². The third-order valence-electron chi connectivity index (χ3n) is 8.29. The van der Waals surface area contributed by atoms with E-state index >= 15 is 0 Å². The monoisotopic (exact) mass is 762 g/mol. The zero-order chi connectivity index (χ0) is 39.7. The van der Waals surface area contributed by atoms with E-state index in [-0.39, 0.29) is 12.0 Å². The number of ether oxygens (including phenoxy) is 11. The number of carbonyl (C=O) groups excluding carboxylic acids is 7. The topological polar surface area (TPSA) is 221 Å². The molecule has 10 atom stereocenters. The fraction of sp³-hybridized carbons (Fsp3) is 0.528. The molecule has 294 valence electrons. The second-order valence-electron chi connectivity index (χ2n) is 12.4. The van der Waals surface area contributed by atoms with Crippen LogP contribution in [0, 0.1) is 11.8 Å². The van der Waals surface area contributed by atoms with Crippen LogP contribution in [0.4, 0.5) is 0 Å². The fourth-order valence-corrected chi connectivity index (χ4v) is 6.26. The minimum Gasteiger partial charge on any atom is -0.471 e. The van der Waals surface area contributed by atoms with Gasteiger partial charge in [-0.3, -0.25) is 24.0 Å². The molecular weight excluding hydrogens is 720 g/mol. The quantitative estimate of drug-likeness (QED) is 0.129. The molecule has 4 rings (SSSR count). The zero-order valence-corrected chi connectivity index (χ0v) is 30.6. The first-order chi connectivity index (χ1) is 25.6. The molecular formula is C36H42O18. The largest absolute Gasteiger partial charge is 0.471 e. The summed E-state index contributed by atoms with van der Waals surface area (Å²) in [5.74, 6) is -6.34. The maximum Gasteiger partial charge on any atom is 0.337 e. The first-order valence-corrected chi connectivity index (χ1v) is 16.8. The Balaban J connectivity index is 1.62. The van der Waals surface area contributed by atoms with E-state index in [9.17, 15) is 33.6 Å². The molecule has 0 radical (unpaired) electrons. The van der Waals surface area contributed by atoms with Gasteiger partial charge < -0.3 is 52.1 Å². The van der Waals surface area contributed by atoms with E-state index < -0.39 is 110 Å². The van der Waals surface area contributed by atoms with Crippen LogP contribution in [0.25, 0.3) is 6.08 Å². The van der Waals surface area contributed by atoms with Gasteiger partial charge in [-0.1, -0.05) is 12.1 Å². The summed E-state index contributed by atoms with van der Waals surface area (Å²) in [6.07, 6.45) is -6.98. The normalized spacial score (nSPS) is 28.9. The molecule has 3 aliphatic rings. The molecule has 0 unspecified atom stereocenters. The second-order valence-corrected chi connectivity index (χ2v) is 12.4. The number of benzene rings is 1. The number of methoxy groups -OCH3 is 1. The Kier molecular flexibility index (Phi) is 14.3. The third kappa shape index (κ3) is 11.1. The average Bonchev–Trinajstić information content (AvgIpc) is 3.08. The van der Waals surface area contributed by atoms with Crippen molar-refractivity contribution in [2.75, 3.05) is 13.7 Å². The molecule has 18 nitrogen and oxygen atoms in total. The second kappa shape index (κ2) is 18.6. The molecule has 3 aliphatic heterocycles. The van der Waals surface area contributed by atoms with Crippen molar-refractivity contribution >= 4 is 47.9 Å². The lowest BCUT2D eigenvalue weighted by Crippen LogP contribution is -2.64. The van der Waals surface area contributed by atoms with Crippen molar-refractivity contribution in [1.29, 1.82) is 0 Å². The summed E-state index contributed by atoms with van der Waals surface area (Å²) in [5, 5.41) is 0. The number of rotatable bonds is 12. The van der Waals surface area contributed by atoms with Gasteiger partial charge >= 0.3 is 41.8 Å². The van der Waals surface area contributed by atoms with Gasteiger partial charge in [0.1, 0.15) is 18.5 Å². The van der Waals surface area contributed by atoms with E-state index in [0.29, 0.717) is 11.3 Å². The molecule has 0 amide bonds. The van der Waals surface area contributed by atoms with Gasteiger partial charge in [-0.05, 0) is 30.7 Å². The van der Waals surface area contributed by atoms with Gasteiger partial charge in [-0.15, -0.1) is 0 Å². The molecule has 3 heterocycles. The van der Waals surface area contributed by atoms with Gasteiger partial charge in [0.15, 0.2) is 18.3 Å². The fourth-order valence-electron chi connectivity index (χ4n) is 6.26. The summed E-state index contributed by atoms with van der Waals surface area (Å²) in [6, 6.07) is 6.26. The Morgan fingerprint density at radius 3 is 1.96 bits per heavy atom. The Labute approximate surface area is 309 Å². The average molecular weight is 763 g/mol. The van der Waals surface area contributed by atoms with Gasteiger partial charge in [0.2, 0.25) is 18.9 Å². The van der Waals surface area contributed by atoms with Crippen molar-refractivity contribution in [1.82, 2.24) is 0 Å². The summed E-state index contributed by atoms with van der Waals surface area (Å²) < 4.78 is 61.4. The van der Waals surface area contributed by atoms with Crippen molar-refractivity contribution in [3.63, 3.8) is 0 Å². The van der Waals surface area contributed by atoms with Crippen LogP contribution in [-0.4, -0.2) is 105 Å². The summed E-state index contributed by atoms with van der Waals surface area (Å²) in [4.78, 5) is 85.5. The van der Waals surface area contributed by atoms with E-state index in [2.05, 4.69) is 0 Å². The lowest BCUT2D eigenvalue weighted by Gasteiger charge is -2.48. The van der Waals surface area contributed by atoms with E-state index in [1.54, 1.807) is 19.1 Å². The van der Waals surface area contributed by atoms with Crippen LogP contribution in [-0.2, 0) is 80.9 Å². The third-order valence-corrected chi connectivity index (χ3v) is 8.29. The predicted octanol–water partition coefficient (Wildman–Crippen LogP) is 2.05. The highest BCUT2D eigenvalue weighted by atomic mass is 16.8. The first kappa shape index (κ1) is 41.4. The van der Waals surface area contributed by atoms with E-state index in [1.807, 2.05) is 0 Å². The molecule has 54 heavy (non-hydrogen) atoms. The Bertz CT molecular complexity index is 1630. The van der Waals surface area contributed by atoms with Crippen molar-refractivity contribution in [3.8, 4) is 5.75 Å². The number of carbonyl (C=O) groups is 7. The maximum absolute atomic E-state index is 12.8. The lowest BCUT2D eigenvalue weighted by molar-refractivity contribution is -0.354. The highest BCUT2D eigenvalue weighted by Crippen LogP contribution is 2.44. The van der Waals surface area contributed by atoms with Crippen LogP contribution in [0.15, 0.2) is 42.2 Å². The molecule has 0 spiro atoms. The highest BCUT2D eigenvalue weighted by Gasteiger charge is 2.56. The van der Waals surface area contributed by atoms with Crippen LogP contribution in [0.5, 0.6) is 5.75 Å². The molecule has 0 bridgehead atoms. The molecule has 2 saturated heterocycles. The van der Waals surface area contributed by atoms with Gasteiger partial charge in [-0.25, -0.2) is 9.59 Å². The molecule has 0 aromatic heterocycles. The van der Waals surface area contributed by atoms with Crippen LogP contribution < -0.4 is 4.74 Å². The number of fused-ring (bicyclic) bond motifs is 1. The van der Waals surface area contributed by atoms with Gasteiger partial charge in [0.05, 0.1) is 31.0 Å². The minimum atomic E-state index is -1.63. The molecule has 0 saturated carbocycles. The minimum absolute atomic E-state index is 0.0185. The van der Waals surface area contributed by atoms with Crippen molar-refractivity contribution in [2.24, 2.45) is 11.8 Å². The Morgan fingerprint density at radius 1 is 0.759 bits per heavy atom. The summed E-state index contributed by atoms with van der Waals surface area (Å²) in [7, 11) is 1.19. The molecule has 0 aliphatic carbocycles. The Hall–Kier alpha value is -5.33. The highest BCUT2D eigenvalue weighted by molar-refractivity contribution is 5.89. The Morgan fingerprint density at radius 2 is 1.37 bits per heavy atom. The summed E-state index contributed by atoms with van der Waals surface area (Å²) >= 11 is 0. The SMILES string of the molecule is COC(=O)C1=CO[C@@H](O[C@@H]2O[C@H](COC(=O)/C=C/c3ccc(OC(C)=O)cc3)[C@@H](OC(C)=O)[C@H](OC(C)=O)[C@H]2OC(C)=O)[C@@H]2[C@H](C)O[C@@H](OC(C)=O)C[C@H]12.